The highest BCUT2D eigenvalue weighted by Crippen LogP contribution is 2.29. The lowest BCUT2D eigenvalue weighted by molar-refractivity contribution is -0.137. The van der Waals surface area contributed by atoms with E-state index < -0.39 is 23.5 Å². The van der Waals surface area contributed by atoms with Crippen LogP contribution in [-0.4, -0.2) is 40.9 Å². The first kappa shape index (κ1) is 22.5. The Kier molecular flexibility index (Phi) is 6.72. The Labute approximate surface area is 188 Å². The molecule has 1 amide bonds. The summed E-state index contributed by atoms with van der Waals surface area (Å²) < 4.78 is 1.14. The van der Waals surface area contributed by atoms with E-state index in [2.05, 4.69) is 10.4 Å². The number of H-pyrrole nitrogens is 1. The van der Waals surface area contributed by atoms with Crippen molar-refractivity contribution < 1.29 is 14.7 Å². The molecular formula is C21H20Cl2N4O4. The number of aliphatic carboxylic acids is 1. The van der Waals surface area contributed by atoms with Crippen LogP contribution in [0.1, 0.15) is 28.5 Å². The summed E-state index contributed by atoms with van der Waals surface area (Å²) in [7, 11) is 3.70. The Morgan fingerprint density at radius 2 is 1.84 bits per heavy atom. The van der Waals surface area contributed by atoms with E-state index in [0.29, 0.717) is 21.3 Å². The van der Waals surface area contributed by atoms with Gasteiger partial charge in [0, 0.05) is 30.9 Å². The third kappa shape index (κ3) is 5.10. The van der Waals surface area contributed by atoms with E-state index in [4.69, 9.17) is 23.2 Å². The molecule has 0 saturated heterocycles. The minimum absolute atomic E-state index is 0.0404. The number of aromatic amines is 1. The van der Waals surface area contributed by atoms with Gasteiger partial charge in [0.05, 0.1) is 23.2 Å². The van der Waals surface area contributed by atoms with Gasteiger partial charge in [0.15, 0.2) is 0 Å². The van der Waals surface area contributed by atoms with E-state index >= 15 is 0 Å². The number of hydrogen-bond donors (Lipinski definition) is 3. The highest BCUT2D eigenvalue weighted by atomic mass is 35.5. The third-order valence-corrected chi connectivity index (χ3v) is 5.27. The molecule has 1 aromatic heterocycles. The lowest BCUT2D eigenvalue weighted by Crippen LogP contribution is -2.31. The zero-order valence-electron chi connectivity index (χ0n) is 16.7. The van der Waals surface area contributed by atoms with Crippen molar-refractivity contribution in [2.24, 2.45) is 0 Å². The van der Waals surface area contributed by atoms with Crippen LogP contribution in [0.3, 0.4) is 0 Å². The molecule has 1 heterocycles. The molecule has 1 atom stereocenters. The number of carboxylic acid groups (broad SMARTS) is 1. The number of para-hydroxylation sites is 1. The summed E-state index contributed by atoms with van der Waals surface area (Å²) >= 11 is 12.5. The van der Waals surface area contributed by atoms with Crippen molar-refractivity contribution in [1.82, 2.24) is 15.1 Å². The van der Waals surface area contributed by atoms with Gasteiger partial charge in [0.25, 0.3) is 11.5 Å². The lowest BCUT2D eigenvalue weighted by Gasteiger charge is -2.20. The van der Waals surface area contributed by atoms with Crippen LogP contribution in [0.2, 0.25) is 10.0 Å². The van der Waals surface area contributed by atoms with Gasteiger partial charge >= 0.3 is 5.97 Å². The van der Waals surface area contributed by atoms with Crippen LogP contribution in [-0.2, 0) is 4.79 Å². The predicted molar refractivity (Wildman–Crippen MR) is 120 cm³/mol. The summed E-state index contributed by atoms with van der Waals surface area (Å²) in [6.45, 7) is 0. The molecule has 3 N–H and O–H groups in total. The Bertz CT molecular complexity index is 1190. The fourth-order valence-electron chi connectivity index (χ4n) is 3.05. The quantitative estimate of drug-likeness (QED) is 0.498. The van der Waals surface area contributed by atoms with Crippen molar-refractivity contribution in [1.29, 1.82) is 0 Å². The van der Waals surface area contributed by atoms with Crippen LogP contribution in [0.15, 0.2) is 53.3 Å². The van der Waals surface area contributed by atoms with Gasteiger partial charge in [-0.1, -0.05) is 41.4 Å². The van der Waals surface area contributed by atoms with Gasteiger partial charge in [-0.25, -0.2) is 4.68 Å². The Morgan fingerprint density at radius 3 is 2.45 bits per heavy atom. The average molecular weight is 463 g/mol. The van der Waals surface area contributed by atoms with Crippen LogP contribution in [0.4, 0.5) is 5.69 Å². The average Bonchev–Trinajstić information content (AvgIpc) is 3.09. The van der Waals surface area contributed by atoms with Crippen LogP contribution in [0.5, 0.6) is 0 Å². The Balaban J connectivity index is 1.90. The molecule has 0 spiro atoms. The number of anilines is 1. The Morgan fingerprint density at radius 1 is 1.13 bits per heavy atom. The van der Waals surface area contributed by atoms with Crippen molar-refractivity contribution in [3.8, 4) is 5.69 Å². The van der Waals surface area contributed by atoms with Gasteiger partial charge < -0.3 is 15.3 Å². The molecule has 0 saturated carbocycles. The number of benzene rings is 2. The molecule has 2 aromatic carbocycles. The van der Waals surface area contributed by atoms with E-state index in [1.54, 1.807) is 42.5 Å². The molecule has 0 aliphatic heterocycles. The summed E-state index contributed by atoms with van der Waals surface area (Å²) in [6, 6.07) is 12.0. The molecule has 1 unspecified atom stereocenters. The fourth-order valence-corrected chi connectivity index (χ4v) is 3.58. The fraction of sp³-hybridized carbons (Fsp3) is 0.190. The second kappa shape index (κ2) is 9.28. The Hall–Kier alpha value is -3.23. The zero-order chi connectivity index (χ0) is 22.7. The highest BCUT2D eigenvalue weighted by Gasteiger charge is 2.23. The molecule has 0 radical (unpaired) electrons. The van der Waals surface area contributed by atoms with Gasteiger partial charge in [-0.2, -0.15) is 0 Å². The molecule has 31 heavy (non-hydrogen) atoms. The minimum Gasteiger partial charge on any atom is -0.481 e. The second-order valence-electron chi connectivity index (χ2n) is 7.02. The summed E-state index contributed by atoms with van der Waals surface area (Å²) in [4.78, 5) is 38.4. The smallest absolute Gasteiger partial charge is 0.305 e. The number of carbonyl (C=O) groups excluding carboxylic acids is 1. The summed E-state index contributed by atoms with van der Waals surface area (Å²) in [5.74, 6) is -1.76. The molecule has 0 aliphatic carbocycles. The van der Waals surface area contributed by atoms with Crippen LogP contribution in [0.25, 0.3) is 5.69 Å². The van der Waals surface area contributed by atoms with Gasteiger partial charge in [0.2, 0.25) is 0 Å². The van der Waals surface area contributed by atoms with Gasteiger partial charge in [-0.3, -0.25) is 19.5 Å². The second-order valence-corrected chi connectivity index (χ2v) is 7.83. The van der Waals surface area contributed by atoms with Crippen LogP contribution in [0, 0.1) is 0 Å². The molecule has 3 rings (SSSR count). The molecule has 8 nitrogen and oxygen atoms in total. The number of hydrogen-bond acceptors (Lipinski definition) is 4. The summed E-state index contributed by atoms with van der Waals surface area (Å²) in [6.07, 6.45) is -0.387. The zero-order valence-corrected chi connectivity index (χ0v) is 18.2. The van der Waals surface area contributed by atoms with E-state index in [9.17, 15) is 19.5 Å². The van der Waals surface area contributed by atoms with Crippen molar-refractivity contribution in [2.75, 3.05) is 19.0 Å². The van der Waals surface area contributed by atoms with Gasteiger partial charge in [0.1, 0.15) is 5.69 Å². The molecule has 0 aliphatic rings. The SMILES string of the molecule is CN(C)c1ccc(C(CC(=O)O)NC(=O)c2cc(=O)n(-c3ccccc3Cl)[nH]2)c(Cl)c1. The molecule has 3 aromatic rings. The molecule has 0 fully saturated rings. The molecular weight excluding hydrogens is 443 g/mol. The molecule has 162 valence electrons. The first-order valence-corrected chi connectivity index (χ1v) is 9.99. The van der Waals surface area contributed by atoms with E-state index in [1.165, 1.54) is 0 Å². The summed E-state index contributed by atoms with van der Waals surface area (Å²) in [5.41, 5.74) is 1.14. The van der Waals surface area contributed by atoms with Crippen molar-refractivity contribution in [3.05, 3.63) is 80.2 Å². The molecule has 10 heteroatoms. The van der Waals surface area contributed by atoms with Crippen LogP contribution >= 0.6 is 23.2 Å². The number of nitrogens with zero attached hydrogens (tertiary/aromatic N) is 2. The summed E-state index contributed by atoms with van der Waals surface area (Å²) in [5, 5.41) is 15.3. The van der Waals surface area contributed by atoms with Crippen molar-refractivity contribution >= 4 is 40.8 Å². The largest absolute Gasteiger partial charge is 0.481 e. The topological polar surface area (TPSA) is 107 Å². The first-order chi connectivity index (χ1) is 14.7. The minimum atomic E-state index is -1.11. The maximum atomic E-state index is 12.8. The number of nitrogens with one attached hydrogen (secondary N) is 2. The third-order valence-electron chi connectivity index (χ3n) is 4.62. The number of carbonyl (C=O) groups is 2. The normalized spacial score (nSPS) is 11.7. The molecule has 0 bridgehead atoms. The van der Waals surface area contributed by atoms with Gasteiger partial charge in [-0.15, -0.1) is 0 Å². The first-order valence-electron chi connectivity index (χ1n) is 9.23. The number of aromatic nitrogens is 2. The number of halogens is 2. The number of amides is 1. The maximum Gasteiger partial charge on any atom is 0.305 e. The van der Waals surface area contributed by atoms with Gasteiger partial charge in [-0.05, 0) is 29.8 Å². The number of carboxylic acids is 1. The lowest BCUT2D eigenvalue weighted by atomic mass is 10.0. The predicted octanol–water partition coefficient (Wildman–Crippen LogP) is 3.48. The van der Waals surface area contributed by atoms with E-state index in [1.807, 2.05) is 19.0 Å². The van der Waals surface area contributed by atoms with Crippen molar-refractivity contribution in [3.63, 3.8) is 0 Å². The highest BCUT2D eigenvalue weighted by molar-refractivity contribution is 6.32. The standard InChI is InChI=1S/C21H20Cl2N4O4/c1-26(2)12-7-8-13(15(23)9-12)16(11-20(29)30)24-21(31)17-10-19(28)27(25-17)18-6-4-3-5-14(18)22/h3-10,16,25H,11H2,1-2H3,(H,24,31)(H,29,30). The maximum absolute atomic E-state index is 12.8. The van der Waals surface area contributed by atoms with Crippen molar-refractivity contribution in [2.45, 2.75) is 12.5 Å². The number of rotatable bonds is 7. The van der Waals surface area contributed by atoms with E-state index in [-0.39, 0.29) is 12.1 Å². The van der Waals surface area contributed by atoms with Crippen LogP contribution < -0.4 is 15.8 Å². The monoisotopic (exact) mass is 462 g/mol. The van der Waals surface area contributed by atoms with E-state index in [0.717, 1.165) is 16.4 Å².